The molecule has 0 bridgehead atoms. The molecule has 0 amide bonds. The van der Waals surface area contributed by atoms with Crippen LogP contribution in [0, 0.1) is 27.7 Å². The Balaban J connectivity index is 0.00000248. The van der Waals surface area contributed by atoms with Gasteiger partial charge >= 0.3 is 0 Å². The summed E-state index contributed by atoms with van der Waals surface area (Å²) in [5.74, 6) is 0.785. The maximum absolute atomic E-state index is 13.0. The summed E-state index contributed by atoms with van der Waals surface area (Å²) >= 11 is 13.4. The van der Waals surface area contributed by atoms with Gasteiger partial charge in [0.05, 0.1) is 34.2 Å². The number of rotatable bonds is 12. The van der Waals surface area contributed by atoms with Crippen molar-refractivity contribution in [1.29, 1.82) is 0 Å². The zero-order chi connectivity index (χ0) is 37.1. The Morgan fingerprint density at radius 3 is 2.25 bits per heavy atom. The summed E-state index contributed by atoms with van der Waals surface area (Å²) < 4.78 is 12.0. The number of benzene rings is 3. The molecule has 268 valence electrons. The van der Waals surface area contributed by atoms with Crippen molar-refractivity contribution in [3.63, 3.8) is 0 Å². The fraction of sp³-hybridized carbons (Fsp3) is 0.325. The van der Waals surface area contributed by atoms with E-state index in [2.05, 4.69) is 21.6 Å². The van der Waals surface area contributed by atoms with Crippen LogP contribution in [-0.4, -0.2) is 63.9 Å². The summed E-state index contributed by atoms with van der Waals surface area (Å²) in [5, 5.41) is 15.1. The summed E-state index contributed by atoms with van der Waals surface area (Å²) in [6.07, 6.45) is 3.21. The SMILES string of the molecule is CO.Cc1cc(OCCCc2c(C=O)n(CCN(C)c3ccc4c(c3)cc(C=O)n4C)c3c(-c4c(C)nn(C)c4C)c(Cl)ccc23)cc(C)c1Cl. The van der Waals surface area contributed by atoms with Crippen LogP contribution >= 0.6 is 23.2 Å². The minimum atomic E-state index is 0.489. The quantitative estimate of drug-likeness (QED) is 0.100. The third-order valence-electron chi connectivity index (χ3n) is 9.73. The molecule has 1 N–H and O–H groups in total. The molecule has 11 heteroatoms. The molecule has 0 spiro atoms. The molecule has 0 radical (unpaired) electrons. The van der Waals surface area contributed by atoms with E-state index in [1.165, 1.54) is 0 Å². The molecule has 0 saturated carbocycles. The van der Waals surface area contributed by atoms with E-state index in [0.717, 1.165) is 97.2 Å². The minimum Gasteiger partial charge on any atom is -0.494 e. The molecule has 3 aromatic carbocycles. The minimum absolute atomic E-state index is 0.489. The van der Waals surface area contributed by atoms with E-state index < -0.39 is 0 Å². The van der Waals surface area contributed by atoms with Gasteiger partial charge in [-0.2, -0.15) is 5.10 Å². The molecule has 6 aromatic rings. The average molecular weight is 731 g/mol. The van der Waals surface area contributed by atoms with E-state index in [1.54, 1.807) is 0 Å². The number of nitrogens with zero attached hydrogens (tertiary/aromatic N) is 5. The van der Waals surface area contributed by atoms with Gasteiger partial charge in [0.15, 0.2) is 12.6 Å². The summed E-state index contributed by atoms with van der Waals surface area (Å²) in [5.41, 5.74) is 10.9. The van der Waals surface area contributed by atoms with Gasteiger partial charge in [0, 0.05) is 85.2 Å². The molecule has 0 atom stereocenters. The number of hydrogen-bond donors (Lipinski definition) is 1. The highest BCUT2D eigenvalue weighted by Gasteiger charge is 2.25. The highest BCUT2D eigenvalue weighted by molar-refractivity contribution is 6.35. The Morgan fingerprint density at radius 2 is 1.63 bits per heavy atom. The van der Waals surface area contributed by atoms with Gasteiger partial charge in [0.25, 0.3) is 0 Å². The predicted molar refractivity (Wildman–Crippen MR) is 208 cm³/mol. The van der Waals surface area contributed by atoms with Crippen LogP contribution in [0.25, 0.3) is 32.9 Å². The molecule has 3 aromatic heterocycles. The van der Waals surface area contributed by atoms with Crippen LogP contribution in [-0.2, 0) is 27.1 Å². The second-order valence-electron chi connectivity index (χ2n) is 12.9. The Labute approximate surface area is 308 Å². The molecule has 0 aliphatic heterocycles. The van der Waals surface area contributed by atoms with Gasteiger partial charge in [-0.05, 0) is 99.7 Å². The van der Waals surface area contributed by atoms with Crippen molar-refractivity contribution >= 4 is 63.3 Å². The van der Waals surface area contributed by atoms with Crippen LogP contribution in [0.4, 0.5) is 5.69 Å². The largest absolute Gasteiger partial charge is 0.494 e. The number of hydrogen-bond acceptors (Lipinski definition) is 6. The van der Waals surface area contributed by atoms with Gasteiger partial charge in [-0.1, -0.05) is 29.3 Å². The molecular weight excluding hydrogens is 685 g/mol. The second-order valence-corrected chi connectivity index (χ2v) is 13.6. The maximum atomic E-state index is 13.0. The van der Waals surface area contributed by atoms with Crippen LogP contribution in [0.1, 0.15) is 55.5 Å². The molecule has 0 aliphatic rings. The van der Waals surface area contributed by atoms with Crippen LogP contribution in [0.3, 0.4) is 0 Å². The molecule has 0 saturated heterocycles. The standard InChI is InChI=1S/C39H41Cl2N5O3.CH4O/c1-23-17-30(18-24(2)38(23)41)49-16-8-9-31-32-11-12-33(40)37(36-25(3)42-45(7)26(36)4)39(32)46(35(31)22-48)15-14-43(5)28-10-13-34-27(19-28)20-29(21-47)44(34)6;1-2/h10-13,17-22H,8-9,14-16H2,1-7H3;2H,1H3. The van der Waals surface area contributed by atoms with Crippen molar-refractivity contribution in [2.45, 2.75) is 47.1 Å². The fourth-order valence-corrected chi connectivity index (χ4v) is 7.39. The van der Waals surface area contributed by atoms with Crippen LogP contribution in [0.5, 0.6) is 5.75 Å². The Morgan fingerprint density at radius 1 is 0.922 bits per heavy atom. The topological polar surface area (TPSA) is 94.5 Å². The van der Waals surface area contributed by atoms with Crippen molar-refractivity contribution in [1.82, 2.24) is 18.9 Å². The molecular formula is C40H45Cl2N5O4. The van der Waals surface area contributed by atoms with E-state index in [4.69, 9.17) is 38.1 Å². The van der Waals surface area contributed by atoms with Gasteiger partial charge in [0.1, 0.15) is 5.75 Å². The summed E-state index contributed by atoms with van der Waals surface area (Å²) in [4.78, 5) is 26.7. The van der Waals surface area contributed by atoms with Crippen molar-refractivity contribution in [3.8, 4) is 16.9 Å². The number of aliphatic hydroxyl groups excluding tert-OH is 1. The first-order valence-corrected chi connectivity index (χ1v) is 17.6. The zero-order valence-corrected chi connectivity index (χ0v) is 32.0. The van der Waals surface area contributed by atoms with Gasteiger partial charge in [-0.25, -0.2) is 0 Å². The van der Waals surface area contributed by atoms with Gasteiger partial charge in [-0.3, -0.25) is 14.3 Å². The normalized spacial score (nSPS) is 11.2. The lowest BCUT2D eigenvalue weighted by Gasteiger charge is -2.21. The molecule has 0 unspecified atom stereocenters. The predicted octanol–water partition coefficient (Wildman–Crippen LogP) is 8.46. The molecule has 51 heavy (non-hydrogen) atoms. The lowest BCUT2D eigenvalue weighted by molar-refractivity contribution is 0.110. The number of carbonyl (C=O) groups is 2. The van der Waals surface area contributed by atoms with Crippen molar-refractivity contribution < 1.29 is 19.4 Å². The molecule has 3 heterocycles. The van der Waals surface area contributed by atoms with E-state index in [0.29, 0.717) is 48.9 Å². The van der Waals surface area contributed by atoms with E-state index in [9.17, 15) is 9.59 Å². The van der Waals surface area contributed by atoms with Crippen LogP contribution < -0.4 is 9.64 Å². The first-order valence-electron chi connectivity index (χ1n) is 16.8. The zero-order valence-electron chi connectivity index (χ0n) is 30.5. The summed E-state index contributed by atoms with van der Waals surface area (Å²) in [6, 6.07) is 16.0. The Kier molecular flexibility index (Phi) is 11.6. The Bertz CT molecular complexity index is 2220. The summed E-state index contributed by atoms with van der Waals surface area (Å²) in [6.45, 7) is 9.64. The number of aryl methyl sites for hydroxylation is 6. The smallest absolute Gasteiger partial charge is 0.166 e. The van der Waals surface area contributed by atoms with Crippen LogP contribution in [0.2, 0.25) is 10.0 Å². The van der Waals surface area contributed by atoms with Gasteiger partial charge < -0.3 is 23.9 Å². The fourth-order valence-electron chi connectivity index (χ4n) is 7.03. The highest BCUT2D eigenvalue weighted by atomic mass is 35.5. The Hall–Kier alpha value is -4.57. The molecule has 9 nitrogen and oxygen atoms in total. The van der Waals surface area contributed by atoms with Crippen molar-refractivity contribution in [2.24, 2.45) is 14.1 Å². The monoisotopic (exact) mass is 729 g/mol. The lowest BCUT2D eigenvalue weighted by Crippen LogP contribution is -2.23. The first kappa shape index (κ1) is 37.7. The number of ether oxygens (including phenoxy) is 1. The summed E-state index contributed by atoms with van der Waals surface area (Å²) in [7, 11) is 6.87. The van der Waals surface area contributed by atoms with Gasteiger partial charge in [-0.15, -0.1) is 0 Å². The number of aldehydes is 2. The first-order chi connectivity index (χ1) is 24.4. The number of halogens is 2. The van der Waals surface area contributed by atoms with E-state index in [1.807, 2.05) is 94.5 Å². The third-order valence-corrected chi connectivity index (χ3v) is 10.6. The van der Waals surface area contributed by atoms with Crippen molar-refractivity contribution in [2.75, 3.05) is 32.2 Å². The average Bonchev–Trinajstić information content (AvgIpc) is 3.70. The molecule has 0 fully saturated rings. The number of likely N-dealkylation sites (N-methyl/N-ethyl adjacent to an activating group) is 1. The maximum Gasteiger partial charge on any atom is 0.166 e. The highest BCUT2D eigenvalue weighted by Crippen LogP contribution is 2.42. The number of aromatic nitrogens is 4. The van der Waals surface area contributed by atoms with E-state index in [-0.39, 0.29) is 0 Å². The number of fused-ring (bicyclic) bond motifs is 2. The van der Waals surface area contributed by atoms with Crippen LogP contribution in [0.15, 0.2) is 48.5 Å². The second kappa shape index (κ2) is 15.8. The number of anilines is 1. The third kappa shape index (κ3) is 7.16. The van der Waals surface area contributed by atoms with Gasteiger partial charge in [0.2, 0.25) is 0 Å². The number of aliphatic hydroxyl groups is 1. The molecule has 0 aliphatic carbocycles. The van der Waals surface area contributed by atoms with E-state index >= 15 is 0 Å². The lowest BCUT2D eigenvalue weighted by atomic mass is 9.98. The number of carbonyl (C=O) groups excluding carboxylic acids is 2. The van der Waals surface area contributed by atoms with Crippen molar-refractivity contribution in [3.05, 3.63) is 98.0 Å². The molecule has 6 rings (SSSR count).